The van der Waals surface area contributed by atoms with Crippen LogP contribution in [-0.2, 0) is 6.54 Å². The van der Waals surface area contributed by atoms with Gasteiger partial charge in [-0.2, -0.15) is 0 Å². The van der Waals surface area contributed by atoms with Crippen LogP contribution >= 0.6 is 11.3 Å². The van der Waals surface area contributed by atoms with Crippen LogP contribution in [0.2, 0.25) is 0 Å². The fourth-order valence-electron chi connectivity index (χ4n) is 1.78. The molecule has 0 atom stereocenters. The molecule has 0 amide bonds. The number of hydrogen-bond acceptors (Lipinski definition) is 4. The number of halogens is 1. The summed E-state index contributed by atoms with van der Waals surface area (Å²) in [6.45, 7) is 2.90. The molecule has 2 rings (SSSR count). The van der Waals surface area contributed by atoms with Gasteiger partial charge in [0.05, 0.1) is 17.7 Å². The SMILES string of the molecule is Cc1ncsc1CN(C)CC(=O)c1cccc(F)c1. The van der Waals surface area contributed by atoms with Crippen LogP contribution in [0.5, 0.6) is 0 Å². The van der Waals surface area contributed by atoms with E-state index in [1.165, 1.54) is 12.1 Å². The van der Waals surface area contributed by atoms with Crippen LogP contribution in [0, 0.1) is 12.7 Å². The predicted octanol–water partition coefficient (Wildman–Crippen LogP) is 2.91. The second-order valence-corrected chi connectivity index (χ2v) is 5.41. The molecule has 0 unspecified atom stereocenters. The van der Waals surface area contributed by atoms with Gasteiger partial charge in [0.1, 0.15) is 5.82 Å². The highest BCUT2D eigenvalue weighted by atomic mass is 32.1. The van der Waals surface area contributed by atoms with E-state index in [0.29, 0.717) is 12.1 Å². The highest BCUT2D eigenvalue weighted by molar-refractivity contribution is 7.09. The zero-order chi connectivity index (χ0) is 13.8. The summed E-state index contributed by atoms with van der Waals surface area (Å²) in [7, 11) is 1.87. The fourth-order valence-corrected chi connectivity index (χ4v) is 2.63. The van der Waals surface area contributed by atoms with Crippen molar-refractivity contribution in [2.75, 3.05) is 13.6 Å². The Labute approximate surface area is 115 Å². The number of likely N-dealkylation sites (N-methyl/N-ethyl adjacent to an activating group) is 1. The van der Waals surface area contributed by atoms with E-state index in [9.17, 15) is 9.18 Å². The van der Waals surface area contributed by atoms with Crippen molar-refractivity contribution < 1.29 is 9.18 Å². The van der Waals surface area contributed by atoms with Crippen molar-refractivity contribution in [3.05, 3.63) is 51.7 Å². The molecule has 0 aliphatic carbocycles. The van der Waals surface area contributed by atoms with E-state index in [1.807, 2.05) is 18.9 Å². The summed E-state index contributed by atoms with van der Waals surface area (Å²) in [6, 6.07) is 5.79. The summed E-state index contributed by atoms with van der Waals surface area (Å²) in [6.07, 6.45) is 0. The fraction of sp³-hybridized carbons (Fsp3) is 0.286. The summed E-state index contributed by atoms with van der Waals surface area (Å²) >= 11 is 1.58. The summed E-state index contributed by atoms with van der Waals surface area (Å²) in [5, 5.41) is 0. The van der Waals surface area contributed by atoms with E-state index in [2.05, 4.69) is 4.98 Å². The Morgan fingerprint density at radius 2 is 2.26 bits per heavy atom. The van der Waals surface area contributed by atoms with Gasteiger partial charge in [-0.25, -0.2) is 9.37 Å². The minimum absolute atomic E-state index is 0.0795. The number of Topliss-reactive ketones (excluding diaryl/α,β-unsaturated/α-hetero) is 1. The number of ketones is 1. The van der Waals surface area contributed by atoms with Crippen LogP contribution < -0.4 is 0 Å². The zero-order valence-electron chi connectivity index (χ0n) is 10.9. The van der Waals surface area contributed by atoms with E-state index in [1.54, 1.807) is 29.0 Å². The molecule has 5 heteroatoms. The Hall–Kier alpha value is -1.59. The van der Waals surface area contributed by atoms with E-state index in [-0.39, 0.29) is 18.1 Å². The van der Waals surface area contributed by atoms with E-state index < -0.39 is 0 Å². The second kappa shape index (κ2) is 6.04. The van der Waals surface area contributed by atoms with Crippen molar-refractivity contribution in [3.63, 3.8) is 0 Å². The second-order valence-electron chi connectivity index (χ2n) is 4.47. The monoisotopic (exact) mass is 278 g/mol. The number of carbonyl (C=O) groups is 1. The quantitative estimate of drug-likeness (QED) is 0.788. The summed E-state index contributed by atoms with van der Waals surface area (Å²) in [4.78, 5) is 19.2. The van der Waals surface area contributed by atoms with Crippen molar-refractivity contribution in [1.82, 2.24) is 9.88 Å². The van der Waals surface area contributed by atoms with Crippen molar-refractivity contribution in [2.24, 2.45) is 0 Å². The van der Waals surface area contributed by atoms with Crippen LogP contribution in [0.1, 0.15) is 20.9 Å². The van der Waals surface area contributed by atoms with Crippen molar-refractivity contribution >= 4 is 17.1 Å². The minimum atomic E-state index is -0.383. The molecular formula is C14H15FN2OS. The van der Waals surface area contributed by atoms with Crippen molar-refractivity contribution in [1.29, 1.82) is 0 Å². The van der Waals surface area contributed by atoms with Crippen LogP contribution in [0.4, 0.5) is 4.39 Å². The first-order valence-electron chi connectivity index (χ1n) is 5.92. The Bertz CT molecular complexity index is 582. The lowest BCUT2D eigenvalue weighted by Gasteiger charge is -2.15. The van der Waals surface area contributed by atoms with Crippen LogP contribution in [-0.4, -0.2) is 29.3 Å². The largest absolute Gasteiger partial charge is 0.294 e. The third kappa shape index (κ3) is 3.68. The van der Waals surface area contributed by atoms with Crippen molar-refractivity contribution in [2.45, 2.75) is 13.5 Å². The van der Waals surface area contributed by atoms with E-state index in [4.69, 9.17) is 0 Å². The summed E-state index contributed by atoms with van der Waals surface area (Å²) in [5.74, 6) is -0.462. The van der Waals surface area contributed by atoms with Crippen LogP contribution in [0.3, 0.4) is 0 Å². The van der Waals surface area contributed by atoms with Crippen LogP contribution in [0.15, 0.2) is 29.8 Å². The number of thiazole rings is 1. The maximum atomic E-state index is 13.1. The molecule has 1 aromatic carbocycles. The number of benzene rings is 1. The van der Waals surface area contributed by atoms with Gasteiger partial charge in [-0.1, -0.05) is 12.1 Å². The molecule has 0 aliphatic heterocycles. The molecule has 0 N–H and O–H groups in total. The number of rotatable bonds is 5. The Morgan fingerprint density at radius 1 is 1.47 bits per heavy atom. The molecule has 1 heterocycles. The molecular weight excluding hydrogens is 263 g/mol. The molecule has 0 fully saturated rings. The Balaban J connectivity index is 1.97. The molecule has 1 aromatic heterocycles. The van der Waals surface area contributed by atoms with Gasteiger partial charge in [-0.15, -0.1) is 11.3 Å². The predicted molar refractivity (Wildman–Crippen MR) is 73.9 cm³/mol. The standard InChI is InChI=1S/C14H15FN2OS/c1-10-14(19-9-16-10)8-17(2)7-13(18)11-4-3-5-12(15)6-11/h3-6,9H,7-8H2,1-2H3. The number of nitrogens with zero attached hydrogens (tertiary/aromatic N) is 2. The van der Waals surface area contributed by atoms with Gasteiger partial charge in [-0.3, -0.25) is 9.69 Å². The van der Waals surface area contributed by atoms with Gasteiger partial charge >= 0.3 is 0 Å². The molecule has 0 spiro atoms. The average molecular weight is 278 g/mol. The molecule has 100 valence electrons. The number of aromatic nitrogens is 1. The highest BCUT2D eigenvalue weighted by Gasteiger charge is 2.12. The molecule has 0 saturated heterocycles. The number of hydrogen-bond donors (Lipinski definition) is 0. The van der Waals surface area contributed by atoms with E-state index in [0.717, 1.165) is 10.6 Å². The topological polar surface area (TPSA) is 33.2 Å². The van der Waals surface area contributed by atoms with Gasteiger partial charge in [0.2, 0.25) is 0 Å². The number of aryl methyl sites for hydroxylation is 1. The first-order valence-corrected chi connectivity index (χ1v) is 6.80. The number of carbonyl (C=O) groups excluding carboxylic acids is 1. The van der Waals surface area contributed by atoms with Gasteiger partial charge in [0, 0.05) is 17.0 Å². The maximum absolute atomic E-state index is 13.1. The van der Waals surface area contributed by atoms with Gasteiger partial charge < -0.3 is 0 Å². The minimum Gasteiger partial charge on any atom is -0.294 e. The first kappa shape index (κ1) is 13.8. The lowest BCUT2D eigenvalue weighted by molar-refractivity contribution is 0.0943. The van der Waals surface area contributed by atoms with E-state index >= 15 is 0 Å². The Morgan fingerprint density at radius 3 is 2.89 bits per heavy atom. The normalized spacial score (nSPS) is 10.9. The maximum Gasteiger partial charge on any atom is 0.176 e. The van der Waals surface area contributed by atoms with Gasteiger partial charge in [0.15, 0.2) is 5.78 Å². The molecule has 0 saturated carbocycles. The lowest BCUT2D eigenvalue weighted by Crippen LogP contribution is -2.25. The molecule has 0 aliphatic rings. The van der Waals surface area contributed by atoms with Gasteiger partial charge in [0.25, 0.3) is 0 Å². The smallest absolute Gasteiger partial charge is 0.176 e. The molecule has 0 bridgehead atoms. The third-order valence-corrected chi connectivity index (χ3v) is 3.74. The Kier molecular flexibility index (Phi) is 4.39. The highest BCUT2D eigenvalue weighted by Crippen LogP contribution is 2.14. The van der Waals surface area contributed by atoms with Gasteiger partial charge in [-0.05, 0) is 26.1 Å². The molecule has 2 aromatic rings. The third-order valence-electron chi connectivity index (χ3n) is 2.82. The lowest BCUT2D eigenvalue weighted by atomic mass is 10.1. The molecule has 0 radical (unpaired) electrons. The first-order chi connectivity index (χ1) is 9.06. The average Bonchev–Trinajstić information content (AvgIpc) is 2.75. The van der Waals surface area contributed by atoms with Crippen LogP contribution in [0.25, 0.3) is 0 Å². The zero-order valence-corrected chi connectivity index (χ0v) is 11.7. The van der Waals surface area contributed by atoms with Crippen molar-refractivity contribution in [3.8, 4) is 0 Å². The summed E-state index contributed by atoms with van der Waals surface area (Å²) in [5.41, 5.74) is 3.20. The summed E-state index contributed by atoms with van der Waals surface area (Å²) < 4.78 is 13.1. The molecule has 19 heavy (non-hydrogen) atoms. The molecule has 3 nitrogen and oxygen atoms in total.